The van der Waals surface area contributed by atoms with Crippen molar-refractivity contribution >= 4 is 23.5 Å². The summed E-state index contributed by atoms with van der Waals surface area (Å²) in [5.41, 5.74) is 5.90. The van der Waals surface area contributed by atoms with Crippen LogP contribution >= 0.6 is 0 Å². The Hall–Kier alpha value is -2.64. The average molecular weight is 278 g/mol. The van der Waals surface area contributed by atoms with Gasteiger partial charge in [0.15, 0.2) is 5.69 Å². The summed E-state index contributed by atoms with van der Waals surface area (Å²) in [5, 5.41) is 11.4. The van der Waals surface area contributed by atoms with E-state index in [9.17, 15) is 14.4 Å². The van der Waals surface area contributed by atoms with Crippen LogP contribution in [0.1, 0.15) is 16.9 Å². The number of anilines is 1. The highest BCUT2D eigenvalue weighted by atomic mass is 16.4. The largest absolute Gasteiger partial charge is 0.481 e. The molecule has 8 nitrogen and oxygen atoms in total. The fraction of sp³-hybridized carbons (Fsp3) is 0.333. The third-order valence-corrected chi connectivity index (χ3v) is 3.00. The summed E-state index contributed by atoms with van der Waals surface area (Å²) in [6.07, 6.45) is 0.962. The predicted octanol–water partition coefficient (Wildman–Crippen LogP) is -0.921. The van der Waals surface area contributed by atoms with Crippen LogP contribution in [0.2, 0.25) is 0 Å². The van der Waals surface area contributed by atoms with Gasteiger partial charge in [-0.3, -0.25) is 14.4 Å². The van der Waals surface area contributed by atoms with Crippen LogP contribution in [0, 0.1) is 0 Å². The standard InChI is InChI=1S/C12H14N4O4/c13-7-2-1-3-14-10(7)12(20)16-5-4-15-11(19)8(16)6-9(17)18/h1-3,8H,4-6,13H2,(H,15,19)(H,17,18). The number of carboxylic acid groups (broad SMARTS) is 1. The second kappa shape index (κ2) is 5.55. The van der Waals surface area contributed by atoms with E-state index in [1.54, 1.807) is 6.07 Å². The van der Waals surface area contributed by atoms with E-state index in [1.165, 1.54) is 17.2 Å². The van der Waals surface area contributed by atoms with Crippen LogP contribution in [0.5, 0.6) is 0 Å². The predicted molar refractivity (Wildman–Crippen MR) is 68.7 cm³/mol. The number of hydrogen-bond donors (Lipinski definition) is 3. The van der Waals surface area contributed by atoms with Crippen LogP contribution in [0.3, 0.4) is 0 Å². The first-order valence-electron chi connectivity index (χ1n) is 6.01. The molecule has 0 aliphatic carbocycles. The van der Waals surface area contributed by atoms with Gasteiger partial charge in [-0.2, -0.15) is 0 Å². The van der Waals surface area contributed by atoms with E-state index in [0.29, 0.717) is 0 Å². The SMILES string of the molecule is Nc1cccnc1C(=O)N1CCNC(=O)C1CC(=O)O. The molecule has 1 atom stereocenters. The molecule has 1 aliphatic rings. The normalized spacial score (nSPS) is 18.5. The number of pyridine rings is 1. The van der Waals surface area contributed by atoms with Gasteiger partial charge in [0, 0.05) is 19.3 Å². The lowest BCUT2D eigenvalue weighted by atomic mass is 10.1. The fourth-order valence-electron chi connectivity index (χ4n) is 2.06. The molecule has 1 aliphatic heterocycles. The molecule has 4 N–H and O–H groups in total. The number of hydrogen-bond acceptors (Lipinski definition) is 5. The van der Waals surface area contributed by atoms with Gasteiger partial charge >= 0.3 is 5.97 Å². The van der Waals surface area contributed by atoms with Crippen molar-refractivity contribution in [2.45, 2.75) is 12.5 Å². The van der Waals surface area contributed by atoms with E-state index < -0.39 is 30.2 Å². The molecule has 0 aromatic carbocycles. The molecular weight excluding hydrogens is 264 g/mol. The molecule has 0 saturated carbocycles. The number of nitrogens with zero attached hydrogens (tertiary/aromatic N) is 2. The Morgan fingerprint density at radius 1 is 1.55 bits per heavy atom. The summed E-state index contributed by atoms with van der Waals surface area (Å²) in [5.74, 6) is -2.18. The Balaban J connectivity index is 2.28. The van der Waals surface area contributed by atoms with E-state index in [1.807, 2.05) is 0 Å². The van der Waals surface area contributed by atoms with Gasteiger partial charge in [0.05, 0.1) is 12.1 Å². The van der Waals surface area contributed by atoms with Gasteiger partial charge in [-0.05, 0) is 12.1 Å². The third kappa shape index (κ3) is 2.68. The lowest BCUT2D eigenvalue weighted by molar-refractivity contribution is -0.142. The monoisotopic (exact) mass is 278 g/mol. The molecule has 1 aromatic rings. The smallest absolute Gasteiger partial charge is 0.305 e. The first-order valence-corrected chi connectivity index (χ1v) is 6.01. The van der Waals surface area contributed by atoms with Crippen molar-refractivity contribution in [3.63, 3.8) is 0 Å². The molecule has 2 heterocycles. The molecule has 1 fully saturated rings. The zero-order chi connectivity index (χ0) is 14.7. The van der Waals surface area contributed by atoms with Crippen LogP contribution < -0.4 is 11.1 Å². The van der Waals surface area contributed by atoms with E-state index in [0.717, 1.165) is 0 Å². The molecule has 106 valence electrons. The molecule has 2 rings (SSSR count). The quantitative estimate of drug-likeness (QED) is 0.656. The van der Waals surface area contributed by atoms with Crippen molar-refractivity contribution < 1.29 is 19.5 Å². The van der Waals surface area contributed by atoms with Crippen molar-refractivity contribution in [1.29, 1.82) is 0 Å². The summed E-state index contributed by atoms with van der Waals surface area (Å²) in [4.78, 5) is 40.0. The lowest BCUT2D eigenvalue weighted by Crippen LogP contribution is -2.58. The number of aliphatic carboxylic acids is 1. The maximum atomic E-state index is 12.4. The summed E-state index contributed by atoms with van der Waals surface area (Å²) in [6, 6.07) is 2.07. The lowest BCUT2D eigenvalue weighted by Gasteiger charge is -2.34. The molecule has 1 unspecified atom stereocenters. The molecule has 2 amide bonds. The number of aromatic nitrogens is 1. The Labute approximate surface area is 114 Å². The maximum absolute atomic E-state index is 12.4. The number of nitrogens with one attached hydrogen (secondary N) is 1. The molecular formula is C12H14N4O4. The van der Waals surface area contributed by atoms with Gasteiger partial charge in [-0.15, -0.1) is 0 Å². The van der Waals surface area contributed by atoms with Crippen molar-refractivity contribution in [3.05, 3.63) is 24.0 Å². The Kier molecular flexibility index (Phi) is 3.83. The number of carboxylic acids is 1. The van der Waals surface area contributed by atoms with Gasteiger partial charge in [0.1, 0.15) is 6.04 Å². The van der Waals surface area contributed by atoms with Crippen molar-refractivity contribution in [2.24, 2.45) is 0 Å². The number of carbonyl (C=O) groups is 3. The van der Waals surface area contributed by atoms with E-state index in [-0.39, 0.29) is 24.5 Å². The van der Waals surface area contributed by atoms with Gasteiger partial charge < -0.3 is 21.1 Å². The van der Waals surface area contributed by atoms with Crippen molar-refractivity contribution in [2.75, 3.05) is 18.8 Å². The average Bonchev–Trinajstić information content (AvgIpc) is 2.40. The molecule has 0 radical (unpaired) electrons. The topological polar surface area (TPSA) is 126 Å². The molecule has 20 heavy (non-hydrogen) atoms. The molecule has 8 heteroatoms. The molecule has 0 spiro atoms. The minimum absolute atomic E-state index is 0.0255. The molecule has 1 saturated heterocycles. The van der Waals surface area contributed by atoms with Crippen LogP contribution in [-0.4, -0.2) is 51.9 Å². The van der Waals surface area contributed by atoms with Gasteiger partial charge in [-0.25, -0.2) is 4.98 Å². The van der Waals surface area contributed by atoms with Gasteiger partial charge in [0.2, 0.25) is 5.91 Å². The highest BCUT2D eigenvalue weighted by Crippen LogP contribution is 2.16. The number of amides is 2. The zero-order valence-electron chi connectivity index (χ0n) is 10.6. The van der Waals surface area contributed by atoms with Crippen LogP contribution in [-0.2, 0) is 9.59 Å². The minimum atomic E-state index is -1.15. The number of nitrogens with two attached hydrogens (primary N) is 1. The summed E-state index contributed by atoms with van der Waals surface area (Å²) in [6.45, 7) is 0.492. The van der Waals surface area contributed by atoms with Gasteiger partial charge in [-0.1, -0.05) is 0 Å². The van der Waals surface area contributed by atoms with Crippen LogP contribution in [0.15, 0.2) is 18.3 Å². The fourth-order valence-corrected chi connectivity index (χ4v) is 2.06. The number of nitrogen functional groups attached to an aromatic ring is 1. The first kappa shape index (κ1) is 13.8. The molecule has 0 bridgehead atoms. The highest BCUT2D eigenvalue weighted by Gasteiger charge is 2.36. The molecule has 1 aromatic heterocycles. The minimum Gasteiger partial charge on any atom is -0.481 e. The zero-order valence-corrected chi connectivity index (χ0v) is 10.6. The van der Waals surface area contributed by atoms with E-state index in [2.05, 4.69) is 10.3 Å². The van der Waals surface area contributed by atoms with E-state index >= 15 is 0 Å². The number of carbonyl (C=O) groups excluding carboxylic acids is 2. The maximum Gasteiger partial charge on any atom is 0.305 e. The second-order valence-corrected chi connectivity index (χ2v) is 4.34. The first-order chi connectivity index (χ1) is 9.50. The van der Waals surface area contributed by atoms with Crippen LogP contribution in [0.4, 0.5) is 5.69 Å². The van der Waals surface area contributed by atoms with Crippen molar-refractivity contribution in [1.82, 2.24) is 15.2 Å². The second-order valence-electron chi connectivity index (χ2n) is 4.34. The number of piperazine rings is 1. The van der Waals surface area contributed by atoms with Gasteiger partial charge in [0.25, 0.3) is 5.91 Å². The summed E-state index contributed by atoms with van der Waals surface area (Å²) >= 11 is 0. The highest BCUT2D eigenvalue weighted by molar-refractivity contribution is 6.01. The summed E-state index contributed by atoms with van der Waals surface area (Å²) in [7, 11) is 0. The van der Waals surface area contributed by atoms with E-state index in [4.69, 9.17) is 10.8 Å². The van der Waals surface area contributed by atoms with Crippen molar-refractivity contribution in [3.8, 4) is 0 Å². The Bertz CT molecular complexity index is 560. The third-order valence-electron chi connectivity index (χ3n) is 3.00. The number of rotatable bonds is 3. The van der Waals surface area contributed by atoms with Crippen LogP contribution in [0.25, 0.3) is 0 Å². The Morgan fingerprint density at radius 2 is 2.30 bits per heavy atom. The summed E-state index contributed by atoms with van der Waals surface area (Å²) < 4.78 is 0. The Morgan fingerprint density at radius 3 is 2.95 bits per heavy atom.